The van der Waals surface area contributed by atoms with Crippen LogP contribution in [0.5, 0.6) is 0 Å². The largest absolute Gasteiger partial charge is 0.392 e. The Bertz CT molecular complexity index is 484. The number of aliphatic hydroxyl groups excluding tert-OH is 1. The number of thiophene rings is 1. The minimum atomic E-state index is -0.316. The predicted molar refractivity (Wildman–Crippen MR) is 68.7 cm³/mol. The van der Waals surface area contributed by atoms with Crippen LogP contribution in [0, 0.1) is 5.82 Å². The second-order valence-electron chi connectivity index (χ2n) is 3.96. The van der Waals surface area contributed by atoms with Gasteiger partial charge in [0.1, 0.15) is 5.82 Å². The van der Waals surface area contributed by atoms with Gasteiger partial charge in [-0.2, -0.15) is 11.3 Å². The molecule has 1 aromatic carbocycles. The lowest BCUT2D eigenvalue weighted by atomic mass is 10.2. The number of hydrogen-bond acceptors (Lipinski definition) is 3. The van der Waals surface area contributed by atoms with Crippen molar-refractivity contribution >= 4 is 17.0 Å². The number of anilines is 1. The van der Waals surface area contributed by atoms with E-state index in [0.717, 1.165) is 12.2 Å². The highest BCUT2D eigenvalue weighted by Crippen LogP contribution is 2.20. The zero-order chi connectivity index (χ0) is 12.3. The van der Waals surface area contributed by atoms with E-state index in [4.69, 9.17) is 5.11 Å². The van der Waals surface area contributed by atoms with E-state index < -0.39 is 0 Å². The topological polar surface area (TPSA) is 23.5 Å². The monoisotopic (exact) mass is 251 g/mol. The average Bonchev–Trinajstić information content (AvgIpc) is 2.81. The van der Waals surface area contributed by atoms with Crippen molar-refractivity contribution in [1.29, 1.82) is 0 Å². The molecule has 1 aromatic heterocycles. The van der Waals surface area contributed by atoms with Gasteiger partial charge < -0.3 is 10.0 Å². The van der Waals surface area contributed by atoms with Crippen LogP contribution in [0.2, 0.25) is 0 Å². The Morgan fingerprint density at radius 1 is 1.29 bits per heavy atom. The summed E-state index contributed by atoms with van der Waals surface area (Å²) in [6.45, 7) is 0.592. The summed E-state index contributed by atoms with van der Waals surface area (Å²) >= 11 is 1.65. The Hall–Kier alpha value is -1.39. The summed E-state index contributed by atoms with van der Waals surface area (Å²) < 4.78 is 13.3. The third-order valence-electron chi connectivity index (χ3n) is 2.57. The molecule has 0 unspecified atom stereocenters. The first-order valence-electron chi connectivity index (χ1n) is 5.31. The van der Waals surface area contributed by atoms with Gasteiger partial charge in [0, 0.05) is 19.3 Å². The Balaban J connectivity index is 2.18. The van der Waals surface area contributed by atoms with E-state index in [-0.39, 0.29) is 12.4 Å². The molecule has 2 rings (SSSR count). The molecule has 90 valence electrons. The maximum Gasteiger partial charge on any atom is 0.125 e. The van der Waals surface area contributed by atoms with Crippen LogP contribution >= 0.6 is 11.3 Å². The fourth-order valence-corrected chi connectivity index (χ4v) is 2.35. The van der Waals surface area contributed by atoms with Gasteiger partial charge >= 0.3 is 0 Å². The summed E-state index contributed by atoms with van der Waals surface area (Å²) in [5.74, 6) is -0.316. The predicted octanol–water partition coefficient (Wildman–Crippen LogP) is 3.02. The smallest absolute Gasteiger partial charge is 0.125 e. The van der Waals surface area contributed by atoms with Crippen LogP contribution in [0.1, 0.15) is 11.1 Å². The molecule has 0 aliphatic rings. The Morgan fingerprint density at radius 3 is 2.76 bits per heavy atom. The van der Waals surface area contributed by atoms with Crippen molar-refractivity contribution in [2.24, 2.45) is 0 Å². The molecule has 1 N–H and O–H groups in total. The summed E-state index contributed by atoms with van der Waals surface area (Å²) in [5.41, 5.74) is 2.57. The number of halogens is 1. The molecule has 0 amide bonds. The Kier molecular flexibility index (Phi) is 3.76. The maximum atomic E-state index is 13.3. The van der Waals surface area contributed by atoms with Gasteiger partial charge in [0.25, 0.3) is 0 Å². The molecule has 0 radical (unpaired) electrons. The van der Waals surface area contributed by atoms with Crippen molar-refractivity contribution in [2.75, 3.05) is 11.9 Å². The highest BCUT2D eigenvalue weighted by atomic mass is 32.1. The zero-order valence-corrected chi connectivity index (χ0v) is 10.4. The van der Waals surface area contributed by atoms with Crippen molar-refractivity contribution in [3.63, 3.8) is 0 Å². The van der Waals surface area contributed by atoms with Crippen LogP contribution in [0.3, 0.4) is 0 Å². The van der Waals surface area contributed by atoms with E-state index in [0.29, 0.717) is 5.56 Å². The summed E-state index contributed by atoms with van der Waals surface area (Å²) in [5, 5.41) is 13.1. The fraction of sp³-hybridized carbons (Fsp3) is 0.231. The number of rotatable bonds is 4. The number of nitrogens with zero attached hydrogens (tertiary/aromatic N) is 1. The SMILES string of the molecule is CN(Cc1ccsc1)c1cc(F)cc(CO)c1. The number of benzene rings is 1. The lowest BCUT2D eigenvalue weighted by molar-refractivity contribution is 0.281. The molecular weight excluding hydrogens is 237 g/mol. The molecule has 4 heteroatoms. The summed E-state index contributed by atoms with van der Waals surface area (Å²) in [6.07, 6.45) is 0. The van der Waals surface area contributed by atoms with Gasteiger partial charge in [-0.15, -0.1) is 0 Å². The van der Waals surface area contributed by atoms with Crippen molar-refractivity contribution in [3.8, 4) is 0 Å². The molecule has 0 fully saturated rings. The molecule has 0 spiro atoms. The Labute approximate surface area is 104 Å². The fourth-order valence-electron chi connectivity index (χ4n) is 1.69. The lowest BCUT2D eigenvalue weighted by Crippen LogP contribution is -2.16. The van der Waals surface area contributed by atoms with Crippen molar-refractivity contribution in [2.45, 2.75) is 13.2 Å². The van der Waals surface area contributed by atoms with Gasteiger partial charge in [-0.05, 0) is 46.2 Å². The van der Waals surface area contributed by atoms with Crippen LogP contribution in [0.25, 0.3) is 0 Å². The van der Waals surface area contributed by atoms with Gasteiger partial charge in [-0.25, -0.2) is 4.39 Å². The van der Waals surface area contributed by atoms with Crippen molar-refractivity contribution < 1.29 is 9.50 Å². The van der Waals surface area contributed by atoms with E-state index in [9.17, 15) is 4.39 Å². The minimum absolute atomic E-state index is 0.142. The first kappa shape index (κ1) is 12.1. The van der Waals surface area contributed by atoms with Gasteiger partial charge in [0.05, 0.1) is 6.61 Å². The van der Waals surface area contributed by atoms with Crippen LogP contribution in [0.15, 0.2) is 35.0 Å². The molecule has 0 saturated carbocycles. The molecule has 1 heterocycles. The molecule has 0 aliphatic carbocycles. The molecule has 0 aliphatic heterocycles. The summed E-state index contributed by atoms with van der Waals surface area (Å²) in [7, 11) is 1.91. The zero-order valence-electron chi connectivity index (χ0n) is 9.56. The molecule has 0 saturated heterocycles. The summed E-state index contributed by atoms with van der Waals surface area (Å²) in [6, 6.07) is 6.68. The van der Waals surface area contributed by atoms with E-state index in [1.807, 2.05) is 23.4 Å². The first-order chi connectivity index (χ1) is 8.19. The van der Waals surface area contributed by atoms with Crippen molar-refractivity contribution in [3.05, 3.63) is 52.0 Å². The third-order valence-corrected chi connectivity index (χ3v) is 3.30. The highest BCUT2D eigenvalue weighted by molar-refractivity contribution is 7.07. The van der Waals surface area contributed by atoms with Crippen LogP contribution < -0.4 is 4.90 Å². The summed E-state index contributed by atoms with van der Waals surface area (Å²) in [4.78, 5) is 1.96. The standard InChI is InChI=1S/C13H14FNOS/c1-15(7-10-2-3-17-9-10)13-5-11(8-16)4-12(14)6-13/h2-6,9,16H,7-8H2,1H3. The second-order valence-corrected chi connectivity index (χ2v) is 4.74. The van der Waals surface area contributed by atoms with E-state index >= 15 is 0 Å². The maximum absolute atomic E-state index is 13.3. The van der Waals surface area contributed by atoms with E-state index in [2.05, 4.69) is 5.38 Å². The Morgan fingerprint density at radius 2 is 2.12 bits per heavy atom. The van der Waals surface area contributed by atoms with E-state index in [1.54, 1.807) is 17.4 Å². The second kappa shape index (κ2) is 5.29. The highest BCUT2D eigenvalue weighted by Gasteiger charge is 2.06. The molecular formula is C13H14FNOS. The average molecular weight is 251 g/mol. The van der Waals surface area contributed by atoms with Crippen molar-refractivity contribution in [1.82, 2.24) is 0 Å². The number of hydrogen-bond donors (Lipinski definition) is 1. The van der Waals surface area contributed by atoms with Crippen LogP contribution in [0.4, 0.5) is 10.1 Å². The van der Waals surface area contributed by atoms with Gasteiger partial charge in [0.2, 0.25) is 0 Å². The minimum Gasteiger partial charge on any atom is -0.392 e. The number of aliphatic hydroxyl groups is 1. The quantitative estimate of drug-likeness (QED) is 0.903. The van der Waals surface area contributed by atoms with E-state index in [1.165, 1.54) is 17.7 Å². The normalized spacial score (nSPS) is 10.5. The molecule has 0 atom stereocenters. The van der Waals surface area contributed by atoms with Crippen LogP contribution in [-0.4, -0.2) is 12.2 Å². The first-order valence-corrected chi connectivity index (χ1v) is 6.26. The molecule has 2 aromatic rings. The third kappa shape index (κ3) is 3.05. The molecule has 2 nitrogen and oxygen atoms in total. The van der Waals surface area contributed by atoms with Gasteiger partial charge in [-0.1, -0.05) is 0 Å². The molecule has 0 bridgehead atoms. The van der Waals surface area contributed by atoms with Crippen LogP contribution in [-0.2, 0) is 13.2 Å². The van der Waals surface area contributed by atoms with Gasteiger partial charge in [-0.3, -0.25) is 0 Å². The molecule has 17 heavy (non-hydrogen) atoms. The van der Waals surface area contributed by atoms with Gasteiger partial charge in [0.15, 0.2) is 0 Å². The lowest BCUT2D eigenvalue weighted by Gasteiger charge is -2.19.